The van der Waals surface area contributed by atoms with Crippen LogP contribution in [0.2, 0.25) is 5.23 Å². The molecule has 0 nitrogen and oxygen atoms in total. The molecule has 0 aromatic heterocycles. The fourth-order valence-electron chi connectivity index (χ4n) is 4.87. The second-order valence-corrected chi connectivity index (χ2v) is 14.5. The van der Waals surface area contributed by atoms with Gasteiger partial charge in [0, 0.05) is 0 Å². The topological polar surface area (TPSA) is 0 Å². The molecular formula is C26H25Cl2Ti. The molecule has 0 saturated heterocycles. The molecule has 3 aromatic carbocycles. The summed E-state index contributed by atoms with van der Waals surface area (Å²) >= 11 is -2.58. The van der Waals surface area contributed by atoms with Crippen molar-refractivity contribution in [2.75, 3.05) is 0 Å². The fourth-order valence-corrected chi connectivity index (χ4v) is 12.0. The number of halogens is 2. The van der Waals surface area contributed by atoms with E-state index in [1.807, 2.05) is 0 Å². The number of hydrogen-bond donors (Lipinski definition) is 0. The van der Waals surface area contributed by atoms with Crippen molar-refractivity contribution < 1.29 is 16.1 Å². The van der Waals surface area contributed by atoms with Gasteiger partial charge >= 0.3 is 165 Å². The molecule has 0 spiro atoms. The van der Waals surface area contributed by atoms with Crippen LogP contribution in [0.25, 0.3) is 12.2 Å². The first-order valence-electron chi connectivity index (χ1n) is 9.71. The normalized spacial score (nSPS) is 20.0. The zero-order valence-corrected chi connectivity index (χ0v) is 19.6. The minimum atomic E-state index is -2.58. The van der Waals surface area contributed by atoms with Gasteiger partial charge in [-0.2, -0.15) is 0 Å². The van der Waals surface area contributed by atoms with Crippen LogP contribution in [0, 0.1) is 0 Å². The molecule has 2 aliphatic rings. The molecule has 0 radical (unpaired) electrons. The number of rotatable bonds is 3. The van der Waals surface area contributed by atoms with E-state index in [4.69, 9.17) is 0 Å². The molecule has 0 amide bonds. The summed E-state index contributed by atoms with van der Waals surface area (Å²) in [4.78, 5) is 0. The van der Waals surface area contributed by atoms with Crippen LogP contribution in [-0.2, 0) is 16.1 Å². The van der Waals surface area contributed by atoms with Crippen molar-refractivity contribution >= 4 is 41.3 Å². The zero-order valence-electron chi connectivity index (χ0n) is 16.4. The molecule has 2 aliphatic carbocycles. The van der Waals surface area contributed by atoms with Crippen molar-refractivity contribution in [1.29, 1.82) is 0 Å². The first-order chi connectivity index (χ1) is 13.3. The monoisotopic (exact) mass is 455 g/mol. The van der Waals surface area contributed by atoms with Gasteiger partial charge < -0.3 is 0 Å². The van der Waals surface area contributed by atoms with Crippen molar-refractivity contribution in [1.82, 2.24) is 0 Å². The van der Waals surface area contributed by atoms with Crippen LogP contribution in [0.4, 0.5) is 0 Å². The van der Waals surface area contributed by atoms with Crippen LogP contribution < -0.4 is 0 Å². The Bertz CT molecular complexity index is 1050. The van der Waals surface area contributed by atoms with Gasteiger partial charge in [-0.3, -0.25) is 0 Å². The van der Waals surface area contributed by atoms with Crippen LogP contribution in [-0.4, -0.2) is 4.31 Å². The Labute approximate surface area is 189 Å². The maximum atomic E-state index is 2.67. The Balaban J connectivity index is 0.00000120. The summed E-state index contributed by atoms with van der Waals surface area (Å²) in [6, 6.07) is 28.9. The first-order valence-corrected chi connectivity index (χ1v) is 14.0. The molecule has 29 heavy (non-hydrogen) atoms. The SMILES string of the molecule is Cl.Cl.[CH3][Ti](=[CH]c1ccccc1)([CH]1C=Cc2ccccc21)[CH]1C=Cc2ccccc21. The van der Waals surface area contributed by atoms with Gasteiger partial charge in [-0.05, 0) is 0 Å². The molecule has 3 aromatic rings. The Morgan fingerprint density at radius 3 is 1.59 bits per heavy atom. The standard InChI is InChI=1S/2C9H7.C7H6.CH3.2ClH.Ti/c2*1-2-5-9-7-3-6-8(9)4-1;1-7-5-3-2-4-6-7;;;;/h2*1-7H;1-6H;1H3;2*1H;. The first kappa shape index (κ1) is 22.0. The summed E-state index contributed by atoms with van der Waals surface area (Å²) in [6.45, 7) is 0. The van der Waals surface area contributed by atoms with E-state index in [-0.39, 0.29) is 24.8 Å². The quantitative estimate of drug-likeness (QED) is 0.360. The molecule has 0 fully saturated rings. The summed E-state index contributed by atoms with van der Waals surface area (Å²) in [5.74, 6) is 0. The van der Waals surface area contributed by atoms with Crippen molar-refractivity contribution in [3.8, 4) is 0 Å². The number of hydrogen-bond acceptors (Lipinski definition) is 0. The summed E-state index contributed by atoms with van der Waals surface area (Å²) < 4.78 is 3.76. The van der Waals surface area contributed by atoms with Gasteiger partial charge in [0.05, 0.1) is 0 Å². The fraction of sp³-hybridized carbons (Fsp3) is 0.115. The van der Waals surface area contributed by atoms with E-state index in [2.05, 4.69) is 113 Å². The second-order valence-electron chi connectivity index (χ2n) is 7.85. The molecule has 0 bridgehead atoms. The van der Waals surface area contributed by atoms with Crippen molar-refractivity contribution in [2.45, 2.75) is 13.7 Å². The predicted octanol–water partition coefficient (Wildman–Crippen LogP) is 7.42. The van der Waals surface area contributed by atoms with E-state index in [0.29, 0.717) is 8.45 Å². The summed E-state index contributed by atoms with van der Waals surface area (Å²) in [5.41, 5.74) is 7.21. The van der Waals surface area contributed by atoms with Gasteiger partial charge in [0.25, 0.3) is 0 Å². The van der Waals surface area contributed by atoms with Gasteiger partial charge in [0.1, 0.15) is 0 Å². The molecule has 0 saturated carbocycles. The van der Waals surface area contributed by atoms with E-state index >= 15 is 0 Å². The average molecular weight is 456 g/mol. The average Bonchev–Trinajstić information content (AvgIpc) is 3.34. The molecule has 147 valence electrons. The molecule has 2 unspecified atom stereocenters. The van der Waals surface area contributed by atoms with Gasteiger partial charge in [0.2, 0.25) is 0 Å². The third kappa shape index (κ3) is 3.88. The van der Waals surface area contributed by atoms with E-state index in [1.54, 1.807) is 0 Å². The van der Waals surface area contributed by atoms with Gasteiger partial charge in [0.15, 0.2) is 0 Å². The predicted molar refractivity (Wildman–Crippen MR) is 128 cm³/mol. The van der Waals surface area contributed by atoms with E-state index in [1.165, 1.54) is 27.8 Å². The summed E-state index contributed by atoms with van der Waals surface area (Å²) in [7, 11) is 0. The molecular weight excluding hydrogens is 431 g/mol. The molecule has 0 aliphatic heterocycles. The number of benzene rings is 3. The molecule has 0 heterocycles. The van der Waals surface area contributed by atoms with Crippen molar-refractivity contribution in [3.63, 3.8) is 0 Å². The zero-order chi connectivity index (χ0) is 18.3. The third-order valence-electron chi connectivity index (χ3n) is 6.22. The van der Waals surface area contributed by atoms with Crippen LogP contribution >= 0.6 is 24.8 Å². The Kier molecular flexibility index (Phi) is 6.81. The van der Waals surface area contributed by atoms with Gasteiger partial charge in [-0.15, -0.1) is 24.8 Å². The molecule has 3 heteroatoms. The maximum absolute atomic E-state index is 2.67. The van der Waals surface area contributed by atoms with E-state index in [0.717, 1.165) is 0 Å². The van der Waals surface area contributed by atoms with Crippen LogP contribution in [0.15, 0.2) is 91.0 Å². The van der Waals surface area contributed by atoms with E-state index < -0.39 is 16.1 Å². The second kappa shape index (κ2) is 8.98. The van der Waals surface area contributed by atoms with Gasteiger partial charge in [-0.25, -0.2) is 0 Å². The van der Waals surface area contributed by atoms with Crippen LogP contribution in [0.3, 0.4) is 0 Å². The van der Waals surface area contributed by atoms with Crippen molar-refractivity contribution in [3.05, 3.63) is 119 Å². The minimum absolute atomic E-state index is 0. The van der Waals surface area contributed by atoms with Crippen LogP contribution in [0.1, 0.15) is 36.3 Å². The molecule has 2 atom stereocenters. The summed E-state index contributed by atoms with van der Waals surface area (Å²) in [5, 5.41) is 2.61. The van der Waals surface area contributed by atoms with Crippen LogP contribution in [0.5, 0.6) is 0 Å². The summed E-state index contributed by atoms with van der Waals surface area (Å²) in [6.07, 6.45) is 9.65. The Morgan fingerprint density at radius 2 is 1.07 bits per heavy atom. The Hall–Kier alpha value is -1.70. The molecule has 5 rings (SSSR count). The molecule has 0 N–H and O–H groups in total. The Morgan fingerprint density at radius 1 is 0.621 bits per heavy atom. The number of allylic oxidation sites excluding steroid dienone is 2. The van der Waals surface area contributed by atoms with Gasteiger partial charge in [-0.1, -0.05) is 0 Å². The van der Waals surface area contributed by atoms with E-state index in [9.17, 15) is 0 Å². The number of fused-ring (bicyclic) bond motifs is 2. The van der Waals surface area contributed by atoms with Crippen molar-refractivity contribution in [2.24, 2.45) is 0 Å². The third-order valence-corrected chi connectivity index (χ3v) is 13.5.